The molecule has 120 valence electrons. The van der Waals surface area contributed by atoms with Crippen molar-refractivity contribution in [2.45, 2.75) is 36.5 Å². The minimum absolute atomic E-state index is 0.138. The first-order chi connectivity index (χ1) is 10.6. The Labute approximate surface area is 134 Å². The van der Waals surface area contributed by atoms with Gasteiger partial charge in [-0.1, -0.05) is 12.1 Å². The molecule has 1 aromatic carbocycles. The molecule has 0 bridgehead atoms. The van der Waals surface area contributed by atoms with Gasteiger partial charge in [0.1, 0.15) is 5.82 Å². The summed E-state index contributed by atoms with van der Waals surface area (Å²) in [6, 6.07) is 6.05. The Morgan fingerprint density at radius 3 is 2.41 bits per heavy atom. The highest BCUT2D eigenvalue weighted by atomic mass is 32.2. The molecule has 1 amide bonds. The number of benzene rings is 1. The monoisotopic (exact) mass is 323 g/mol. The van der Waals surface area contributed by atoms with Crippen LogP contribution < -0.4 is 0 Å². The Hall–Kier alpha value is -1.07. The normalized spacial score (nSPS) is 22.4. The van der Waals surface area contributed by atoms with Crippen molar-refractivity contribution in [1.82, 2.24) is 4.90 Å². The number of thioether (sulfide) groups is 1. The zero-order chi connectivity index (χ0) is 15.7. The van der Waals surface area contributed by atoms with E-state index in [0.717, 1.165) is 31.2 Å². The van der Waals surface area contributed by atoms with Gasteiger partial charge in [0.15, 0.2) is 0 Å². The standard InChI is InChI=1S/C17H22FNO2S/c1-22-17(8-9-17)16(21)19-10-6-13(7-11-19)15(20)12-2-4-14(18)5-3-12/h2-5,13,15,20H,6-11H2,1H3. The first-order valence-electron chi connectivity index (χ1n) is 7.84. The zero-order valence-corrected chi connectivity index (χ0v) is 13.6. The molecule has 1 aromatic rings. The lowest BCUT2D eigenvalue weighted by Gasteiger charge is -2.36. The summed E-state index contributed by atoms with van der Waals surface area (Å²) in [5.74, 6) is 0.122. The third kappa shape index (κ3) is 3.01. The van der Waals surface area contributed by atoms with Gasteiger partial charge in [-0.3, -0.25) is 4.79 Å². The fourth-order valence-corrected chi connectivity index (χ4v) is 4.07. The van der Waals surface area contributed by atoms with Crippen LogP contribution in [0.2, 0.25) is 0 Å². The largest absolute Gasteiger partial charge is 0.388 e. The molecule has 2 fully saturated rings. The molecule has 1 saturated heterocycles. The summed E-state index contributed by atoms with van der Waals surface area (Å²) in [5.41, 5.74) is 0.758. The van der Waals surface area contributed by atoms with E-state index in [-0.39, 0.29) is 22.4 Å². The number of carbonyl (C=O) groups excluding carboxylic acids is 1. The van der Waals surface area contributed by atoms with Gasteiger partial charge >= 0.3 is 0 Å². The van der Waals surface area contributed by atoms with Crippen LogP contribution in [0.25, 0.3) is 0 Å². The minimum atomic E-state index is -0.576. The molecule has 1 aliphatic heterocycles. The number of hydrogen-bond acceptors (Lipinski definition) is 3. The average molecular weight is 323 g/mol. The molecule has 0 aromatic heterocycles. The van der Waals surface area contributed by atoms with E-state index in [1.54, 1.807) is 23.9 Å². The minimum Gasteiger partial charge on any atom is -0.388 e. The van der Waals surface area contributed by atoms with Gasteiger partial charge in [-0.2, -0.15) is 0 Å². The second kappa shape index (κ2) is 6.20. The first kappa shape index (κ1) is 15.8. The van der Waals surface area contributed by atoms with Crippen LogP contribution in [-0.2, 0) is 4.79 Å². The first-order valence-corrected chi connectivity index (χ1v) is 9.06. The number of amides is 1. The molecule has 0 spiro atoms. The number of hydrogen-bond donors (Lipinski definition) is 1. The maximum absolute atomic E-state index is 13.0. The number of aliphatic hydroxyl groups excluding tert-OH is 1. The molecule has 1 unspecified atom stereocenters. The molecule has 3 nitrogen and oxygen atoms in total. The van der Waals surface area contributed by atoms with Gasteiger partial charge in [-0.05, 0) is 55.6 Å². The van der Waals surface area contributed by atoms with Crippen LogP contribution in [0.5, 0.6) is 0 Å². The molecule has 5 heteroatoms. The van der Waals surface area contributed by atoms with Crippen molar-refractivity contribution in [3.63, 3.8) is 0 Å². The summed E-state index contributed by atoms with van der Waals surface area (Å²) >= 11 is 1.67. The van der Waals surface area contributed by atoms with E-state index in [1.807, 2.05) is 11.2 Å². The molecule has 0 radical (unpaired) electrons. The van der Waals surface area contributed by atoms with Gasteiger partial charge in [0.25, 0.3) is 0 Å². The van der Waals surface area contributed by atoms with Crippen molar-refractivity contribution in [2.75, 3.05) is 19.3 Å². The molecule has 3 rings (SSSR count). The highest BCUT2D eigenvalue weighted by molar-refractivity contribution is 8.01. The summed E-state index contributed by atoms with van der Waals surface area (Å²) < 4.78 is 12.8. The second-order valence-electron chi connectivity index (χ2n) is 6.32. The molecular weight excluding hydrogens is 301 g/mol. The smallest absolute Gasteiger partial charge is 0.238 e. The number of piperidine rings is 1. The maximum Gasteiger partial charge on any atom is 0.238 e. The number of aliphatic hydroxyl groups is 1. The van der Waals surface area contributed by atoms with Gasteiger partial charge < -0.3 is 10.0 Å². The van der Waals surface area contributed by atoms with Crippen molar-refractivity contribution in [3.05, 3.63) is 35.6 Å². The maximum atomic E-state index is 13.0. The van der Waals surface area contributed by atoms with Gasteiger partial charge in [0.2, 0.25) is 5.91 Å². The van der Waals surface area contributed by atoms with Gasteiger partial charge in [0.05, 0.1) is 10.9 Å². The van der Waals surface area contributed by atoms with Crippen molar-refractivity contribution in [3.8, 4) is 0 Å². The van der Waals surface area contributed by atoms with Crippen molar-refractivity contribution >= 4 is 17.7 Å². The second-order valence-corrected chi connectivity index (χ2v) is 7.51. The fourth-order valence-electron chi connectivity index (χ4n) is 3.26. The van der Waals surface area contributed by atoms with Crippen LogP contribution in [0.4, 0.5) is 4.39 Å². The van der Waals surface area contributed by atoms with Crippen LogP contribution in [0, 0.1) is 11.7 Å². The quantitative estimate of drug-likeness (QED) is 0.926. The van der Waals surface area contributed by atoms with Crippen LogP contribution in [-0.4, -0.2) is 40.0 Å². The highest BCUT2D eigenvalue weighted by Gasteiger charge is 2.51. The van der Waals surface area contributed by atoms with Crippen LogP contribution >= 0.6 is 11.8 Å². The Morgan fingerprint density at radius 1 is 1.32 bits per heavy atom. The predicted molar refractivity (Wildman–Crippen MR) is 86.1 cm³/mol. The summed E-state index contributed by atoms with van der Waals surface area (Å²) in [6.45, 7) is 1.42. The van der Waals surface area contributed by atoms with Crippen molar-refractivity contribution in [1.29, 1.82) is 0 Å². The Morgan fingerprint density at radius 2 is 1.91 bits per heavy atom. The van der Waals surface area contributed by atoms with E-state index >= 15 is 0 Å². The van der Waals surface area contributed by atoms with Gasteiger partial charge in [0, 0.05) is 13.1 Å². The molecule has 2 aliphatic rings. The third-order valence-electron chi connectivity index (χ3n) is 4.97. The van der Waals surface area contributed by atoms with E-state index in [4.69, 9.17) is 0 Å². The van der Waals surface area contributed by atoms with Gasteiger partial charge in [-0.15, -0.1) is 11.8 Å². The molecule has 1 heterocycles. The van der Waals surface area contributed by atoms with E-state index in [1.165, 1.54) is 12.1 Å². The number of rotatable bonds is 4. The van der Waals surface area contributed by atoms with E-state index in [2.05, 4.69) is 0 Å². The highest BCUT2D eigenvalue weighted by Crippen LogP contribution is 2.49. The number of nitrogens with zero attached hydrogens (tertiary/aromatic N) is 1. The predicted octanol–water partition coefficient (Wildman–Crippen LogP) is 2.99. The zero-order valence-electron chi connectivity index (χ0n) is 12.8. The number of halogens is 1. The van der Waals surface area contributed by atoms with Gasteiger partial charge in [-0.25, -0.2) is 4.39 Å². The van der Waals surface area contributed by atoms with Crippen LogP contribution in [0.3, 0.4) is 0 Å². The van der Waals surface area contributed by atoms with Crippen molar-refractivity contribution < 1.29 is 14.3 Å². The Balaban J connectivity index is 1.57. The lowest BCUT2D eigenvalue weighted by atomic mass is 9.87. The number of carbonyl (C=O) groups is 1. The SMILES string of the molecule is CSC1(C(=O)N2CCC(C(O)c3ccc(F)cc3)CC2)CC1. The summed E-state index contributed by atoms with van der Waals surface area (Å²) in [7, 11) is 0. The van der Waals surface area contributed by atoms with E-state index in [9.17, 15) is 14.3 Å². The Kier molecular flexibility index (Phi) is 4.46. The van der Waals surface area contributed by atoms with E-state index < -0.39 is 6.10 Å². The van der Waals surface area contributed by atoms with Crippen molar-refractivity contribution in [2.24, 2.45) is 5.92 Å². The summed E-state index contributed by atoms with van der Waals surface area (Å²) in [4.78, 5) is 14.5. The molecular formula is C17H22FNO2S. The molecule has 1 atom stereocenters. The third-order valence-corrected chi connectivity index (χ3v) is 6.33. The molecule has 1 aliphatic carbocycles. The topological polar surface area (TPSA) is 40.5 Å². The summed E-state index contributed by atoms with van der Waals surface area (Å²) in [6.07, 6.45) is 5.02. The fraction of sp³-hybridized carbons (Fsp3) is 0.588. The lowest BCUT2D eigenvalue weighted by molar-refractivity contribution is -0.133. The summed E-state index contributed by atoms with van der Waals surface area (Å²) in [5, 5.41) is 10.4. The average Bonchev–Trinajstić information content (AvgIpc) is 3.36. The van der Waals surface area contributed by atoms with E-state index in [0.29, 0.717) is 13.1 Å². The van der Waals surface area contributed by atoms with Crippen LogP contribution in [0.15, 0.2) is 24.3 Å². The molecule has 1 N–H and O–H groups in total. The molecule has 1 saturated carbocycles. The van der Waals surface area contributed by atoms with Crippen LogP contribution in [0.1, 0.15) is 37.4 Å². The molecule has 22 heavy (non-hydrogen) atoms. The lowest BCUT2D eigenvalue weighted by Crippen LogP contribution is -2.44. The number of likely N-dealkylation sites (tertiary alicyclic amines) is 1. The Bertz CT molecular complexity index is 536.